The predicted octanol–water partition coefficient (Wildman–Crippen LogP) is 15.7. The number of anilines is 2. The lowest BCUT2D eigenvalue weighted by molar-refractivity contribution is 0.590. The highest BCUT2D eigenvalue weighted by Crippen LogP contribution is 2.60. The van der Waals surface area contributed by atoms with Crippen molar-refractivity contribution in [3.63, 3.8) is 0 Å². The first kappa shape index (κ1) is 37.3. The minimum absolute atomic E-state index is 0.00703. The van der Waals surface area contributed by atoms with E-state index in [4.69, 9.17) is 0 Å². The standard InChI is InChI=1S/C59H47BN2S2/c1-57(2,3)32-21-24-34(25-22-32)62-45-29-39-36-16-11-14-20-48(36)63-49(39)30-41(45)52-51-37-17-9-12-18-42(37)59(7,8)54(51)53-40-27-33(58(4,5)6)23-26-44(40)61-46-31-50-38(35-15-10-13-19-47(35)64-50)28-43(46)60(62)55(52)56(53)61/h9-31H,1-8H3. The van der Waals surface area contributed by atoms with Gasteiger partial charge in [-0.3, -0.25) is 0 Å². The minimum atomic E-state index is -0.231. The molecule has 3 aromatic heterocycles. The third-order valence-corrected chi connectivity index (χ3v) is 17.5. The number of rotatable bonds is 1. The third kappa shape index (κ3) is 4.66. The number of benzene rings is 8. The number of nitrogens with zero attached hydrogens (tertiary/aromatic N) is 2. The van der Waals surface area contributed by atoms with E-state index in [1.54, 1.807) is 0 Å². The van der Waals surface area contributed by atoms with Crippen LogP contribution >= 0.6 is 22.7 Å². The molecule has 0 unspecified atom stereocenters. The van der Waals surface area contributed by atoms with Crippen molar-refractivity contribution in [2.45, 2.75) is 71.6 Å². The highest BCUT2D eigenvalue weighted by Gasteiger charge is 2.50. The second-order valence-corrected chi connectivity index (χ2v) is 23.5. The first-order chi connectivity index (χ1) is 30.8. The molecule has 0 bridgehead atoms. The molecule has 0 fully saturated rings. The molecule has 5 heterocycles. The molecule has 0 atom stereocenters. The summed E-state index contributed by atoms with van der Waals surface area (Å²) in [4.78, 5) is 2.74. The third-order valence-electron chi connectivity index (χ3n) is 15.2. The van der Waals surface area contributed by atoms with Crippen LogP contribution in [-0.4, -0.2) is 11.4 Å². The van der Waals surface area contributed by atoms with Crippen LogP contribution in [0.15, 0.2) is 140 Å². The highest BCUT2D eigenvalue weighted by atomic mass is 32.1. The molecule has 308 valence electrons. The Morgan fingerprint density at radius 2 is 1.14 bits per heavy atom. The lowest BCUT2D eigenvalue weighted by Gasteiger charge is -2.43. The molecule has 0 saturated heterocycles. The van der Waals surface area contributed by atoms with Gasteiger partial charge in [-0.1, -0.05) is 140 Å². The lowest BCUT2D eigenvalue weighted by atomic mass is 9.43. The summed E-state index contributed by atoms with van der Waals surface area (Å²) in [5, 5.41) is 8.11. The molecule has 0 spiro atoms. The van der Waals surface area contributed by atoms with Crippen LogP contribution in [-0.2, 0) is 16.2 Å². The van der Waals surface area contributed by atoms with Gasteiger partial charge in [0, 0.05) is 79.2 Å². The van der Waals surface area contributed by atoms with Crippen molar-refractivity contribution in [1.82, 2.24) is 4.57 Å². The summed E-state index contributed by atoms with van der Waals surface area (Å²) in [5.74, 6) is 0. The highest BCUT2D eigenvalue weighted by molar-refractivity contribution is 7.26. The maximum atomic E-state index is 2.74. The van der Waals surface area contributed by atoms with E-state index >= 15 is 0 Å². The Morgan fingerprint density at radius 3 is 1.84 bits per heavy atom. The topological polar surface area (TPSA) is 8.17 Å². The smallest absolute Gasteiger partial charge is 0.333 e. The van der Waals surface area contributed by atoms with E-state index in [1.807, 2.05) is 22.7 Å². The molecule has 8 aromatic carbocycles. The van der Waals surface area contributed by atoms with Gasteiger partial charge in [0.1, 0.15) is 0 Å². The zero-order valence-corrected chi connectivity index (χ0v) is 39.2. The number of fused-ring (bicyclic) bond motifs is 19. The van der Waals surface area contributed by atoms with Gasteiger partial charge in [0.15, 0.2) is 0 Å². The Balaban J connectivity index is 1.24. The first-order valence-corrected chi connectivity index (χ1v) is 24.5. The van der Waals surface area contributed by atoms with Crippen molar-refractivity contribution in [2.24, 2.45) is 0 Å². The Hall–Kier alpha value is -6.14. The Morgan fingerprint density at radius 1 is 0.516 bits per heavy atom. The molecule has 14 rings (SSSR count). The van der Waals surface area contributed by atoms with Crippen molar-refractivity contribution in [3.05, 3.63) is 162 Å². The Bertz CT molecular complexity index is 3900. The normalized spacial score (nSPS) is 14.9. The Labute approximate surface area is 382 Å². The maximum Gasteiger partial charge on any atom is 0.333 e. The number of aromatic nitrogens is 1. The number of hydrogen-bond acceptors (Lipinski definition) is 3. The molecule has 5 heteroatoms. The molecule has 11 aromatic rings. The molecule has 0 amide bonds. The van der Waals surface area contributed by atoms with Gasteiger partial charge in [-0.15, -0.1) is 22.7 Å². The molecule has 2 nitrogen and oxygen atoms in total. The number of hydrogen-bond donors (Lipinski definition) is 0. The monoisotopic (exact) mass is 858 g/mol. The quantitative estimate of drug-likeness (QED) is 0.149. The summed E-state index contributed by atoms with van der Waals surface area (Å²) in [7, 11) is 0. The van der Waals surface area contributed by atoms with Gasteiger partial charge < -0.3 is 9.38 Å². The van der Waals surface area contributed by atoms with Crippen molar-refractivity contribution < 1.29 is 0 Å². The van der Waals surface area contributed by atoms with E-state index in [0.29, 0.717) is 0 Å². The van der Waals surface area contributed by atoms with Gasteiger partial charge in [0.2, 0.25) is 0 Å². The molecular formula is C59H47BN2S2. The Kier molecular flexibility index (Phi) is 7.07. The second kappa shape index (κ2) is 12.1. The average Bonchev–Trinajstić information content (AvgIpc) is 4.00. The fourth-order valence-corrected chi connectivity index (χ4v) is 14.4. The molecule has 2 aliphatic heterocycles. The van der Waals surface area contributed by atoms with Gasteiger partial charge in [0.05, 0.1) is 11.0 Å². The van der Waals surface area contributed by atoms with Crippen molar-refractivity contribution >= 4 is 114 Å². The second-order valence-electron chi connectivity index (χ2n) is 21.3. The van der Waals surface area contributed by atoms with E-state index in [0.717, 1.165) is 0 Å². The van der Waals surface area contributed by atoms with Gasteiger partial charge in [-0.2, -0.15) is 0 Å². The van der Waals surface area contributed by atoms with Gasteiger partial charge >= 0.3 is 6.85 Å². The zero-order chi connectivity index (χ0) is 43.3. The van der Waals surface area contributed by atoms with Crippen molar-refractivity contribution in [2.75, 3.05) is 4.81 Å². The van der Waals surface area contributed by atoms with Gasteiger partial charge in [0.25, 0.3) is 0 Å². The SMILES string of the molecule is CC(C)(C)c1ccc(N2B3c4cc5c(cc4-n4c6ccc(C(C)(C)C)cc6c6c7c(c(c3c64)-c3cc4sc6ccccc6c4cc32)-c2ccccc2C7(C)C)sc2ccccc25)cc1. The molecule has 64 heavy (non-hydrogen) atoms. The fourth-order valence-electron chi connectivity index (χ4n) is 12.2. The zero-order valence-electron chi connectivity index (χ0n) is 37.6. The van der Waals surface area contributed by atoms with E-state index in [2.05, 4.69) is 204 Å². The maximum absolute atomic E-state index is 2.74. The summed E-state index contributed by atoms with van der Waals surface area (Å²) in [6.45, 7) is 18.9. The van der Waals surface area contributed by atoms with Gasteiger partial charge in [-0.05, 0) is 115 Å². The number of thiophene rings is 2. The lowest BCUT2D eigenvalue weighted by Crippen LogP contribution is -2.60. The largest absolute Gasteiger partial charge is 0.376 e. The molecule has 0 radical (unpaired) electrons. The molecule has 0 saturated carbocycles. The summed E-state index contributed by atoms with van der Waals surface area (Å²) >= 11 is 3.85. The van der Waals surface area contributed by atoms with Crippen LogP contribution < -0.4 is 15.7 Å². The molecular weight excluding hydrogens is 812 g/mol. The average molecular weight is 859 g/mol. The van der Waals surface area contributed by atoms with E-state index < -0.39 is 0 Å². The molecule has 1 aliphatic carbocycles. The van der Waals surface area contributed by atoms with Crippen LogP contribution in [0.2, 0.25) is 0 Å². The van der Waals surface area contributed by atoms with E-state index in [1.165, 1.54) is 135 Å². The van der Waals surface area contributed by atoms with Crippen LogP contribution in [0.4, 0.5) is 11.4 Å². The predicted molar refractivity (Wildman–Crippen MR) is 281 cm³/mol. The van der Waals surface area contributed by atoms with Crippen LogP contribution in [0.5, 0.6) is 0 Å². The summed E-state index contributed by atoms with van der Waals surface area (Å²) < 4.78 is 8.05. The van der Waals surface area contributed by atoms with Crippen molar-refractivity contribution in [1.29, 1.82) is 0 Å². The van der Waals surface area contributed by atoms with Crippen molar-refractivity contribution in [3.8, 4) is 27.9 Å². The first-order valence-electron chi connectivity index (χ1n) is 22.9. The fraction of sp³-hybridized carbons (Fsp3) is 0.186. The van der Waals surface area contributed by atoms with Crippen LogP contribution in [0.3, 0.4) is 0 Å². The van der Waals surface area contributed by atoms with Crippen LogP contribution in [0.25, 0.3) is 90.1 Å². The summed E-state index contributed by atoms with van der Waals surface area (Å²) in [6.07, 6.45) is 0. The summed E-state index contributed by atoms with van der Waals surface area (Å²) in [5.41, 5.74) is 20.1. The van der Waals surface area contributed by atoms with Crippen LogP contribution in [0, 0.1) is 0 Å². The molecule has 3 aliphatic rings. The minimum Gasteiger partial charge on any atom is -0.376 e. The van der Waals surface area contributed by atoms with Gasteiger partial charge in [-0.25, -0.2) is 0 Å². The van der Waals surface area contributed by atoms with E-state index in [9.17, 15) is 0 Å². The molecule has 0 N–H and O–H groups in total. The summed E-state index contributed by atoms with van der Waals surface area (Å²) in [6, 6.07) is 54.6. The van der Waals surface area contributed by atoms with Crippen LogP contribution in [0.1, 0.15) is 77.6 Å². The van der Waals surface area contributed by atoms with E-state index in [-0.39, 0.29) is 23.1 Å².